The first-order chi connectivity index (χ1) is 14.6. The largest absolute Gasteiger partial charge is 0.381 e. The molecule has 9 nitrogen and oxygen atoms in total. The van der Waals surface area contributed by atoms with Crippen LogP contribution in [0.2, 0.25) is 0 Å². The van der Waals surface area contributed by atoms with Crippen LogP contribution in [-0.4, -0.2) is 39.7 Å². The molecular formula is C21H19N9. The van der Waals surface area contributed by atoms with Crippen molar-refractivity contribution in [2.75, 3.05) is 5.73 Å². The number of nitrogens with zero attached hydrogens (tertiary/aromatic N) is 8. The van der Waals surface area contributed by atoms with Gasteiger partial charge in [-0.05, 0) is 17.7 Å². The third-order valence-electron chi connectivity index (χ3n) is 5.05. The molecule has 0 aliphatic heterocycles. The van der Waals surface area contributed by atoms with E-state index >= 15 is 0 Å². The minimum atomic E-state index is 0.0814. The van der Waals surface area contributed by atoms with E-state index in [0.717, 1.165) is 22.4 Å². The SMILES string of the molecule is C[C@@H](c1ccccc1)c1nc(-c2cnc(N)c(-n3nnc4ccccc43)n2)nn1C. The Morgan fingerprint density at radius 3 is 2.57 bits per heavy atom. The number of aryl methyl sites for hydroxylation is 1. The summed E-state index contributed by atoms with van der Waals surface area (Å²) in [5.41, 5.74) is 9.32. The predicted octanol–water partition coefficient (Wildman–Crippen LogP) is 2.74. The van der Waals surface area contributed by atoms with Crippen LogP contribution >= 0.6 is 0 Å². The van der Waals surface area contributed by atoms with E-state index in [2.05, 4.69) is 44.4 Å². The predicted molar refractivity (Wildman–Crippen MR) is 113 cm³/mol. The lowest BCUT2D eigenvalue weighted by molar-refractivity contribution is 0.673. The van der Waals surface area contributed by atoms with Crippen LogP contribution in [0.1, 0.15) is 24.2 Å². The summed E-state index contributed by atoms with van der Waals surface area (Å²) in [5.74, 6) is 2.04. The minimum Gasteiger partial charge on any atom is -0.381 e. The molecule has 0 saturated carbocycles. The summed E-state index contributed by atoms with van der Waals surface area (Å²) in [6.07, 6.45) is 1.57. The topological polar surface area (TPSA) is 113 Å². The number of para-hydroxylation sites is 1. The average Bonchev–Trinajstić information content (AvgIpc) is 3.38. The molecule has 0 amide bonds. The molecule has 5 rings (SSSR count). The highest BCUT2D eigenvalue weighted by Gasteiger charge is 2.20. The van der Waals surface area contributed by atoms with Crippen molar-refractivity contribution in [2.24, 2.45) is 7.05 Å². The van der Waals surface area contributed by atoms with Gasteiger partial charge in [0.25, 0.3) is 0 Å². The van der Waals surface area contributed by atoms with Gasteiger partial charge in [0.05, 0.1) is 11.7 Å². The van der Waals surface area contributed by atoms with Crippen LogP contribution < -0.4 is 5.73 Å². The Bertz CT molecular complexity index is 1340. The number of anilines is 1. The van der Waals surface area contributed by atoms with Crippen LogP contribution in [-0.2, 0) is 7.05 Å². The molecule has 0 saturated heterocycles. The van der Waals surface area contributed by atoms with Crippen LogP contribution in [0.3, 0.4) is 0 Å². The Morgan fingerprint density at radius 2 is 1.73 bits per heavy atom. The summed E-state index contributed by atoms with van der Waals surface area (Å²) in [6.45, 7) is 2.10. The molecule has 3 heterocycles. The first-order valence-electron chi connectivity index (χ1n) is 9.51. The van der Waals surface area contributed by atoms with Gasteiger partial charge in [0.2, 0.25) is 5.82 Å². The van der Waals surface area contributed by atoms with Gasteiger partial charge in [-0.3, -0.25) is 4.68 Å². The highest BCUT2D eigenvalue weighted by Crippen LogP contribution is 2.25. The van der Waals surface area contributed by atoms with E-state index in [0.29, 0.717) is 17.3 Å². The summed E-state index contributed by atoms with van der Waals surface area (Å²) < 4.78 is 3.35. The number of hydrogen-bond acceptors (Lipinski definition) is 7. The van der Waals surface area contributed by atoms with Crippen molar-refractivity contribution in [3.05, 3.63) is 72.2 Å². The molecule has 0 fully saturated rings. The van der Waals surface area contributed by atoms with E-state index in [1.807, 2.05) is 49.5 Å². The zero-order valence-electron chi connectivity index (χ0n) is 16.5. The summed E-state index contributed by atoms with van der Waals surface area (Å²) in [5, 5.41) is 12.9. The summed E-state index contributed by atoms with van der Waals surface area (Å²) >= 11 is 0. The third kappa shape index (κ3) is 2.96. The van der Waals surface area contributed by atoms with Gasteiger partial charge in [-0.2, -0.15) is 4.68 Å². The second-order valence-electron chi connectivity index (χ2n) is 7.00. The number of aromatic nitrogens is 8. The Balaban J connectivity index is 1.57. The van der Waals surface area contributed by atoms with Crippen LogP contribution in [0.15, 0.2) is 60.8 Å². The number of nitrogen functional groups attached to an aromatic ring is 1. The van der Waals surface area contributed by atoms with Crippen LogP contribution in [0, 0.1) is 0 Å². The lowest BCUT2D eigenvalue weighted by Crippen LogP contribution is -2.07. The van der Waals surface area contributed by atoms with Gasteiger partial charge >= 0.3 is 0 Å². The zero-order valence-corrected chi connectivity index (χ0v) is 16.5. The van der Waals surface area contributed by atoms with Gasteiger partial charge < -0.3 is 5.73 Å². The lowest BCUT2D eigenvalue weighted by Gasteiger charge is -2.10. The van der Waals surface area contributed by atoms with E-state index in [4.69, 9.17) is 10.7 Å². The first-order valence-corrected chi connectivity index (χ1v) is 9.51. The molecule has 0 radical (unpaired) electrons. The maximum absolute atomic E-state index is 6.10. The normalized spacial score (nSPS) is 12.3. The summed E-state index contributed by atoms with van der Waals surface area (Å²) in [7, 11) is 1.88. The molecule has 9 heteroatoms. The quantitative estimate of drug-likeness (QED) is 0.496. The number of hydrogen-bond donors (Lipinski definition) is 1. The zero-order chi connectivity index (χ0) is 20.7. The fraction of sp³-hybridized carbons (Fsp3) is 0.143. The van der Waals surface area contributed by atoms with Crippen molar-refractivity contribution in [1.29, 1.82) is 0 Å². The second-order valence-corrected chi connectivity index (χ2v) is 7.00. The third-order valence-corrected chi connectivity index (χ3v) is 5.05. The van der Waals surface area contributed by atoms with Gasteiger partial charge in [0.15, 0.2) is 11.6 Å². The Kier molecular flexibility index (Phi) is 4.20. The van der Waals surface area contributed by atoms with E-state index in [9.17, 15) is 0 Å². The fourth-order valence-electron chi connectivity index (χ4n) is 3.45. The van der Waals surface area contributed by atoms with Crippen LogP contribution in [0.5, 0.6) is 0 Å². The fourth-order valence-corrected chi connectivity index (χ4v) is 3.45. The van der Waals surface area contributed by atoms with Crippen molar-refractivity contribution >= 4 is 16.9 Å². The van der Waals surface area contributed by atoms with Crippen LogP contribution in [0.25, 0.3) is 28.4 Å². The molecule has 0 aliphatic carbocycles. The highest BCUT2D eigenvalue weighted by atomic mass is 15.5. The maximum Gasteiger partial charge on any atom is 0.201 e. The Morgan fingerprint density at radius 1 is 0.967 bits per heavy atom. The van der Waals surface area contributed by atoms with Crippen LogP contribution in [0.4, 0.5) is 5.82 Å². The lowest BCUT2D eigenvalue weighted by atomic mass is 10.0. The Labute approximate surface area is 172 Å². The summed E-state index contributed by atoms with van der Waals surface area (Å²) in [6, 6.07) is 17.8. The smallest absolute Gasteiger partial charge is 0.201 e. The molecule has 148 valence electrons. The highest BCUT2D eigenvalue weighted by molar-refractivity contribution is 5.76. The van der Waals surface area contributed by atoms with E-state index in [1.54, 1.807) is 15.6 Å². The van der Waals surface area contributed by atoms with Gasteiger partial charge in [-0.15, -0.1) is 10.2 Å². The number of nitrogens with two attached hydrogens (primary N) is 1. The molecule has 0 unspecified atom stereocenters. The standard InChI is InChI=1S/C21H19N9/c1-13(14-8-4-3-5-9-14)20-25-19(27-29(20)2)16-12-23-18(22)21(24-16)30-17-11-7-6-10-15(17)26-28-30/h3-13H,1-2H3,(H2,22,23)/t13-/m0/s1. The van der Waals surface area contributed by atoms with Crippen molar-refractivity contribution in [1.82, 2.24) is 39.7 Å². The number of benzene rings is 2. The molecule has 30 heavy (non-hydrogen) atoms. The van der Waals surface area contributed by atoms with E-state index in [-0.39, 0.29) is 11.7 Å². The molecule has 0 spiro atoms. The molecule has 2 N–H and O–H groups in total. The summed E-state index contributed by atoms with van der Waals surface area (Å²) in [4.78, 5) is 13.7. The molecular weight excluding hydrogens is 378 g/mol. The molecule has 0 bridgehead atoms. The van der Waals surface area contributed by atoms with E-state index in [1.165, 1.54) is 0 Å². The maximum atomic E-state index is 6.10. The number of fused-ring (bicyclic) bond motifs is 1. The van der Waals surface area contributed by atoms with Gasteiger partial charge in [0, 0.05) is 13.0 Å². The molecule has 2 aromatic carbocycles. The van der Waals surface area contributed by atoms with Gasteiger partial charge in [0.1, 0.15) is 17.0 Å². The molecule has 3 aromatic heterocycles. The van der Waals surface area contributed by atoms with Gasteiger partial charge in [-0.25, -0.2) is 15.0 Å². The van der Waals surface area contributed by atoms with Crippen molar-refractivity contribution < 1.29 is 0 Å². The van der Waals surface area contributed by atoms with Crippen molar-refractivity contribution in [2.45, 2.75) is 12.8 Å². The first kappa shape index (κ1) is 17.9. The minimum absolute atomic E-state index is 0.0814. The monoisotopic (exact) mass is 397 g/mol. The van der Waals surface area contributed by atoms with Crippen molar-refractivity contribution in [3.63, 3.8) is 0 Å². The molecule has 1 atom stereocenters. The second kappa shape index (κ2) is 7.03. The average molecular weight is 397 g/mol. The van der Waals surface area contributed by atoms with E-state index < -0.39 is 0 Å². The molecule has 5 aromatic rings. The van der Waals surface area contributed by atoms with Gasteiger partial charge in [-0.1, -0.05) is 54.6 Å². The molecule has 0 aliphatic rings. The Hall–Kier alpha value is -4.14. The van der Waals surface area contributed by atoms with Crippen molar-refractivity contribution in [3.8, 4) is 17.3 Å². The number of rotatable bonds is 4.